The van der Waals surface area contributed by atoms with Gasteiger partial charge in [0, 0.05) is 42.2 Å². The Balaban J connectivity index is 1.61. The first-order chi connectivity index (χ1) is 16.0. The molecule has 0 bridgehead atoms. The van der Waals surface area contributed by atoms with E-state index in [-0.39, 0.29) is 30.3 Å². The van der Waals surface area contributed by atoms with E-state index >= 15 is 0 Å². The second kappa shape index (κ2) is 8.39. The number of hydrogen-bond acceptors (Lipinski definition) is 3. The second-order valence-corrected chi connectivity index (χ2v) is 8.90. The number of para-hydroxylation sites is 1. The van der Waals surface area contributed by atoms with E-state index in [1.54, 1.807) is 9.80 Å². The second-order valence-electron chi connectivity index (χ2n) is 8.90. The van der Waals surface area contributed by atoms with Crippen molar-refractivity contribution >= 4 is 34.3 Å². The van der Waals surface area contributed by atoms with E-state index in [0.29, 0.717) is 18.7 Å². The van der Waals surface area contributed by atoms with Gasteiger partial charge >= 0.3 is 0 Å². The van der Waals surface area contributed by atoms with Crippen LogP contribution in [0.5, 0.6) is 0 Å². The number of hydrogen-bond donors (Lipinski definition) is 2. The number of rotatable bonds is 5. The van der Waals surface area contributed by atoms with E-state index in [0.717, 1.165) is 40.6 Å². The molecule has 7 heteroatoms. The number of aromatic nitrogens is 1. The lowest BCUT2D eigenvalue weighted by molar-refractivity contribution is -0.158. The molecule has 0 saturated carbocycles. The van der Waals surface area contributed by atoms with Crippen molar-refractivity contribution in [1.29, 1.82) is 0 Å². The summed E-state index contributed by atoms with van der Waals surface area (Å²) in [7, 11) is 0. The number of H-pyrrole nitrogens is 1. The molecule has 33 heavy (non-hydrogen) atoms. The Labute approximate surface area is 192 Å². The minimum Gasteiger partial charge on any atom is -0.356 e. The Morgan fingerprint density at radius 1 is 1.12 bits per heavy atom. The number of amides is 3. The Kier molecular flexibility index (Phi) is 5.40. The number of piperazine rings is 1. The Bertz CT molecular complexity index is 1230. The first-order valence-corrected chi connectivity index (χ1v) is 11.5. The molecule has 0 unspecified atom stereocenters. The Hall–Kier alpha value is -3.61. The van der Waals surface area contributed by atoms with Crippen molar-refractivity contribution < 1.29 is 14.4 Å². The molecule has 2 aliphatic heterocycles. The highest BCUT2D eigenvalue weighted by Gasteiger charge is 2.47. The average molecular weight is 445 g/mol. The number of unbranched alkanes of at least 4 members (excludes halogenated alkanes) is 1. The van der Waals surface area contributed by atoms with Gasteiger partial charge in [-0.25, -0.2) is 0 Å². The van der Waals surface area contributed by atoms with Crippen LogP contribution in [0.25, 0.3) is 10.9 Å². The van der Waals surface area contributed by atoms with E-state index in [9.17, 15) is 14.4 Å². The summed E-state index contributed by atoms with van der Waals surface area (Å²) in [5.41, 5.74) is 4.67. The van der Waals surface area contributed by atoms with Crippen molar-refractivity contribution in [3.63, 3.8) is 0 Å². The summed E-state index contributed by atoms with van der Waals surface area (Å²) < 4.78 is 0. The largest absolute Gasteiger partial charge is 0.356 e. The van der Waals surface area contributed by atoms with Gasteiger partial charge in [-0.15, -0.1) is 0 Å². The third-order valence-corrected chi connectivity index (χ3v) is 6.67. The van der Waals surface area contributed by atoms with Crippen LogP contribution in [0.1, 0.15) is 49.6 Å². The number of benzene rings is 2. The number of aromatic amines is 1. The molecule has 1 fully saturated rings. The summed E-state index contributed by atoms with van der Waals surface area (Å²) in [6, 6.07) is 14.7. The standard InChI is InChI=1S/C26H28N4O3/c1-3-4-13-29-15-23(32)30-22(26(29)33)14-20-19-7-5-6-8-21(19)28-24(20)25(30)17-9-11-18(12-10-17)27-16(2)31/h5-12,22,25,28H,3-4,13-15H2,1-2H3,(H,27,31)/t22-,25+/m1/s1. The van der Waals surface area contributed by atoms with Gasteiger partial charge in [0.15, 0.2) is 0 Å². The summed E-state index contributed by atoms with van der Waals surface area (Å²) in [5.74, 6) is -0.142. The SMILES string of the molecule is CCCCN1CC(=O)N2[C@@H](c3ccc(NC(C)=O)cc3)c3[nH]c4ccccc4c3C[C@@H]2C1=O. The lowest BCUT2D eigenvalue weighted by Crippen LogP contribution is -2.63. The van der Waals surface area contributed by atoms with Crippen molar-refractivity contribution in [2.75, 3.05) is 18.4 Å². The topological polar surface area (TPSA) is 85.5 Å². The highest BCUT2D eigenvalue weighted by atomic mass is 16.2. The molecule has 170 valence electrons. The molecule has 2 aromatic carbocycles. The Morgan fingerprint density at radius 2 is 1.88 bits per heavy atom. The van der Waals surface area contributed by atoms with Crippen molar-refractivity contribution in [3.05, 3.63) is 65.4 Å². The summed E-state index contributed by atoms with van der Waals surface area (Å²) in [5, 5.41) is 3.88. The highest BCUT2D eigenvalue weighted by molar-refractivity contribution is 5.97. The molecule has 0 aliphatic carbocycles. The molecule has 3 aromatic rings. The zero-order chi connectivity index (χ0) is 23.1. The molecule has 7 nitrogen and oxygen atoms in total. The predicted octanol–water partition coefficient (Wildman–Crippen LogP) is 3.61. The van der Waals surface area contributed by atoms with Crippen LogP contribution in [0.4, 0.5) is 5.69 Å². The molecular weight excluding hydrogens is 416 g/mol. The van der Waals surface area contributed by atoms with Gasteiger partial charge in [0.25, 0.3) is 0 Å². The van der Waals surface area contributed by atoms with Crippen LogP contribution in [0.3, 0.4) is 0 Å². The fourth-order valence-corrected chi connectivity index (χ4v) is 5.16. The molecular formula is C26H28N4O3. The lowest BCUT2D eigenvalue weighted by atomic mass is 9.86. The van der Waals surface area contributed by atoms with E-state index in [1.807, 2.05) is 42.5 Å². The van der Waals surface area contributed by atoms with Crippen LogP contribution in [0, 0.1) is 0 Å². The minimum atomic E-state index is -0.519. The molecule has 2 aliphatic rings. The smallest absolute Gasteiger partial charge is 0.246 e. The Morgan fingerprint density at radius 3 is 2.61 bits per heavy atom. The molecule has 0 radical (unpaired) electrons. The van der Waals surface area contributed by atoms with Gasteiger partial charge in [-0.1, -0.05) is 43.7 Å². The first-order valence-electron chi connectivity index (χ1n) is 11.5. The van der Waals surface area contributed by atoms with Crippen LogP contribution in [0.15, 0.2) is 48.5 Å². The molecule has 3 heterocycles. The van der Waals surface area contributed by atoms with Gasteiger partial charge in [-0.3, -0.25) is 14.4 Å². The molecule has 5 rings (SSSR count). The van der Waals surface area contributed by atoms with Crippen LogP contribution >= 0.6 is 0 Å². The van der Waals surface area contributed by atoms with Gasteiger partial charge in [-0.05, 0) is 35.7 Å². The quantitative estimate of drug-likeness (QED) is 0.630. The summed E-state index contributed by atoms with van der Waals surface area (Å²) >= 11 is 0. The maximum Gasteiger partial charge on any atom is 0.246 e. The van der Waals surface area contributed by atoms with Crippen molar-refractivity contribution in [1.82, 2.24) is 14.8 Å². The molecule has 2 N–H and O–H groups in total. The van der Waals surface area contributed by atoms with Crippen molar-refractivity contribution in [3.8, 4) is 0 Å². The number of fused-ring (bicyclic) bond motifs is 4. The molecule has 0 spiro atoms. The zero-order valence-corrected chi connectivity index (χ0v) is 18.9. The third-order valence-electron chi connectivity index (χ3n) is 6.67. The average Bonchev–Trinajstić information content (AvgIpc) is 3.18. The molecule has 1 aromatic heterocycles. The minimum absolute atomic E-state index is 0.0267. The third kappa shape index (κ3) is 3.67. The predicted molar refractivity (Wildman–Crippen MR) is 127 cm³/mol. The number of carbonyl (C=O) groups excluding carboxylic acids is 3. The highest BCUT2D eigenvalue weighted by Crippen LogP contribution is 2.42. The normalized spacial score (nSPS) is 20.1. The van der Waals surface area contributed by atoms with Crippen molar-refractivity contribution in [2.45, 2.75) is 45.2 Å². The fourth-order valence-electron chi connectivity index (χ4n) is 5.16. The monoisotopic (exact) mass is 444 g/mol. The maximum absolute atomic E-state index is 13.5. The lowest BCUT2D eigenvalue weighted by Gasteiger charge is -2.47. The van der Waals surface area contributed by atoms with E-state index in [4.69, 9.17) is 0 Å². The fraction of sp³-hybridized carbons (Fsp3) is 0.346. The number of anilines is 1. The zero-order valence-electron chi connectivity index (χ0n) is 18.9. The van der Waals surface area contributed by atoms with Crippen LogP contribution in [0.2, 0.25) is 0 Å². The van der Waals surface area contributed by atoms with Gasteiger partial charge in [-0.2, -0.15) is 0 Å². The number of carbonyl (C=O) groups is 3. The summed E-state index contributed by atoms with van der Waals surface area (Å²) in [6.07, 6.45) is 2.37. The van der Waals surface area contributed by atoms with Gasteiger partial charge < -0.3 is 20.1 Å². The van der Waals surface area contributed by atoms with Gasteiger partial charge in [0.2, 0.25) is 17.7 Å². The van der Waals surface area contributed by atoms with Crippen LogP contribution in [-0.4, -0.2) is 51.6 Å². The van der Waals surface area contributed by atoms with Crippen LogP contribution < -0.4 is 5.32 Å². The summed E-state index contributed by atoms with van der Waals surface area (Å²) in [6.45, 7) is 4.29. The van der Waals surface area contributed by atoms with Gasteiger partial charge in [0.05, 0.1) is 12.6 Å². The van der Waals surface area contributed by atoms with Crippen molar-refractivity contribution in [2.24, 2.45) is 0 Å². The number of nitrogens with zero attached hydrogens (tertiary/aromatic N) is 2. The molecule has 3 amide bonds. The number of nitrogens with one attached hydrogen (secondary N) is 2. The van der Waals surface area contributed by atoms with E-state index < -0.39 is 6.04 Å². The maximum atomic E-state index is 13.5. The first kappa shape index (κ1) is 21.2. The van der Waals surface area contributed by atoms with Gasteiger partial charge in [0.1, 0.15) is 6.04 Å². The molecule has 1 saturated heterocycles. The molecule has 2 atom stereocenters. The van der Waals surface area contributed by atoms with E-state index in [1.165, 1.54) is 6.92 Å². The summed E-state index contributed by atoms with van der Waals surface area (Å²) in [4.78, 5) is 45.4. The van der Waals surface area contributed by atoms with Crippen LogP contribution in [-0.2, 0) is 20.8 Å². The van der Waals surface area contributed by atoms with E-state index in [2.05, 4.69) is 23.3 Å².